The smallest absolute Gasteiger partial charge is 0.335 e. The maximum Gasteiger partial charge on any atom is 0.335 e. The molecule has 1 unspecified atom stereocenters. The van der Waals surface area contributed by atoms with Crippen molar-refractivity contribution in [2.24, 2.45) is 0 Å². The van der Waals surface area contributed by atoms with Crippen LogP contribution in [0.15, 0.2) is 82.6 Å². The van der Waals surface area contributed by atoms with Crippen molar-refractivity contribution in [1.82, 2.24) is 18.9 Å². The van der Waals surface area contributed by atoms with E-state index in [4.69, 9.17) is 16.3 Å². The number of hydrogen-bond donors (Lipinski definition) is 1. The lowest BCUT2D eigenvalue weighted by Gasteiger charge is -2.32. The first kappa shape index (κ1) is 26.4. The lowest BCUT2D eigenvalue weighted by atomic mass is 9.90. The Labute approximate surface area is 237 Å². The lowest BCUT2D eigenvalue weighted by Crippen LogP contribution is -2.39. The number of piperidine rings is 1. The Morgan fingerprint density at radius 3 is 2.70 bits per heavy atom. The molecule has 0 spiro atoms. The molecule has 1 fully saturated rings. The van der Waals surface area contributed by atoms with E-state index in [2.05, 4.69) is 28.2 Å². The van der Waals surface area contributed by atoms with Crippen molar-refractivity contribution in [2.45, 2.75) is 38.1 Å². The number of pyridine rings is 1. The van der Waals surface area contributed by atoms with Gasteiger partial charge >= 0.3 is 5.69 Å². The van der Waals surface area contributed by atoms with E-state index >= 15 is 0 Å². The van der Waals surface area contributed by atoms with Gasteiger partial charge in [-0.25, -0.2) is 4.79 Å². The van der Waals surface area contributed by atoms with Gasteiger partial charge in [0.15, 0.2) is 0 Å². The normalized spacial score (nSPS) is 16.1. The number of methoxy groups -OCH3 is 1. The summed E-state index contributed by atoms with van der Waals surface area (Å²) < 4.78 is 8.37. The molecule has 2 aromatic carbocycles. The zero-order valence-corrected chi connectivity index (χ0v) is 23.4. The molecule has 40 heavy (non-hydrogen) atoms. The highest BCUT2D eigenvalue weighted by Gasteiger charge is 2.24. The van der Waals surface area contributed by atoms with E-state index in [1.165, 1.54) is 15.5 Å². The minimum Gasteiger partial charge on any atom is -0.497 e. The number of ether oxygens (including phenoxy) is 1. The lowest BCUT2D eigenvalue weighted by molar-refractivity contribution is 0.204. The molecule has 3 aromatic heterocycles. The minimum absolute atomic E-state index is 0.294. The van der Waals surface area contributed by atoms with Crippen LogP contribution in [0.4, 0.5) is 0 Å². The number of hydrogen-bond acceptors (Lipinski definition) is 4. The summed E-state index contributed by atoms with van der Waals surface area (Å²) in [6.45, 7) is 3.37. The van der Waals surface area contributed by atoms with E-state index in [0.29, 0.717) is 34.1 Å². The summed E-state index contributed by atoms with van der Waals surface area (Å²) in [5.41, 5.74) is 3.54. The molecule has 1 N–H and O–H groups in total. The summed E-state index contributed by atoms with van der Waals surface area (Å²) in [7, 11) is 1.70. The Hall–Kier alpha value is -3.81. The van der Waals surface area contributed by atoms with E-state index in [9.17, 15) is 9.59 Å². The fourth-order valence-electron chi connectivity index (χ4n) is 6.09. The molecule has 5 aromatic rings. The van der Waals surface area contributed by atoms with E-state index in [1.54, 1.807) is 35.9 Å². The van der Waals surface area contributed by atoms with Crippen LogP contribution in [0.3, 0.4) is 0 Å². The molecule has 0 aliphatic carbocycles. The zero-order chi connectivity index (χ0) is 27.6. The van der Waals surface area contributed by atoms with E-state index in [1.807, 2.05) is 30.3 Å². The highest BCUT2D eigenvalue weighted by molar-refractivity contribution is 6.33. The predicted molar refractivity (Wildman–Crippen MR) is 161 cm³/mol. The van der Waals surface area contributed by atoms with E-state index < -0.39 is 0 Å². The van der Waals surface area contributed by atoms with Crippen LogP contribution in [-0.2, 0) is 6.54 Å². The number of likely N-dealkylation sites (tertiary alicyclic amines) is 1. The highest BCUT2D eigenvalue weighted by atomic mass is 35.5. The molecule has 0 bridgehead atoms. The molecule has 0 saturated carbocycles. The fourth-order valence-corrected chi connectivity index (χ4v) is 6.32. The van der Waals surface area contributed by atoms with Gasteiger partial charge in [0.05, 0.1) is 18.2 Å². The van der Waals surface area contributed by atoms with Crippen LogP contribution in [0, 0.1) is 0 Å². The number of aromatic nitrogens is 3. The van der Waals surface area contributed by atoms with Crippen molar-refractivity contribution in [3.05, 3.63) is 104 Å². The van der Waals surface area contributed by atoms with Crippen molar-refractivity contribution < 1.29 is 4.74 Å². The van der Waals surface area contributed by atoms with Gasteiger partial charge in [-0.2, -0.15) is 0 Å². The third-order valence-corrected chi connectivity index (χ3v) is 8.46. The van der Waals surface area contributed by atoms with Crippen LogP contribution in [0.1, 0.15) is 37.2 Å². The summed E-state index contributed by atoms with van der Waals surface area (Å²) in [5, 5.41) is 1.72. The SMILES string of the molecule is COc1ccc2[nH]cc(C3CCCN(CCCCn4c(=O)c(-c5ccccc5Cl)c5ccccn5c4=O)C3)c2c1. The van der Waals surface area contributed by atoms with Gasteiger partial charge in [0, 0.05) is 47.0 Å². The van der Waals surface area contributed by atoms with Crippen LogP contribution >= 0.6 is 11.6 Å². The quantitative estimate of drug-likeness (QED) is 0.240. The molecule has 1 aliphatic rings. The first-order chi connectivity index (χ1) is 19.5. The zero-order valence-electron chi connectivity index (χ0n) is 22.6. The van der Waals surface area contributed by atoms with Crippen molar-refractivity contribution in [1.29, 1.82) is 0 Å². The molecule has 8 heteroatoms. The van der Waals surface area contributed by atoms with Crippen molar-refractivity contribution in [3.63, 3.8) is 0 Å². The Morgan fingerprint density at radius 1 is 1.02 bits per heavy atom. The Kier molecular flexibility index (Phi) is 7.50. The number of aromatic amines is 1. The molecular weight excluding hydrogens is 524 g/mol. The van der Waals surface area contributed by atoms with Crippen molar-refractivity contribution in [2.75, 3.05) is 26.7 Å². The van der Waals surface area contributed by atoms with E-state index in [0.717, 1.165) is 56.6 Å². The molecule has 1 aliphatic heterocycles. The summed E-state index contributed by atoms with van der Waals surface area (Å²) >= 11 is 6.48. The number of rotatable bonds is 8. The average Bonchev–Trinajstić information content (AvgIpc) is 3.41. The van der Waals surface area contributed by atoms with Gasteiger partial charge in [-0.05, 0) is 86.7 Å². The number of benzene rings is 2. The Morgan fingerprint density at radius 2 is 1.85 bits per heavy atom. The van der Waals surface area contributed by atoms with Crippen LogP contribution in [0.5, 0.6) is 5.75 Å². The van der Waals surface area contributed by atoms with Crippen LogP contribution in [0.25, 0.3) is 27.5 Å². The van der Waals surface area contributed by atoms with Gasteiger partial charge in [0.25, 0.3) is 5.56 Å². The molecule has 6 rings (SSSR count). The third kappa shape index (κ3) is 4.95. The topological polar surface area (TPSA) is 71.7 Å². The molecule has 0 radical (unpaired) electrons. The van der Waals surface area contributed by atoms with E-state index in [-0.39, 0.29) is 11.2 Å². The molecular formula is C32H33ClN4O3. The average molecular weight is 557 g/mol. The predicted octanol–water partition coefficient (Wildman–Crippen LogP) is 5.93. The first-order valence-corrected chi connectivity index (χ1v) is 14.3. The number of H-pyrrole nitrogens is 1. The molecule has 1 atom stereocenters. The number of fused-ring (bicyclic) bond motifs is 2. The molecule has 206 valence electrons. The molecule has 0 amide bonds. The fraction of sp³-hybridized carbons (Fsp3) is 0.312. The second-order valence-electron chi connectivity index (χ2n) is 10.6. The van der Waals surface area contributed by atoms with Gasteiger partial charge in [0.2, 0.25) is 0 Å². The van der Waals surface area contributed by atoms with Crippen LogP contribution in [-0.4, -0.2) is 45.6 Å². The second kappa shape index (κ2) is 11.4. The summed E-state index contributed by atoms with van der Waals surface area (Å²) in [4.78, 5) is 32.9. The number of nitrogens with one attached hydrogen (secondary N) is 1. The van der Waals surface area contributed by atoms with Crippen molar-refractivity contribution in [3.8, 4) is 16.9 Å². The summed E-state index contributed by atoms with van der Waals surface area (Å²) in [5.74, 6) is 1.33. The molecule has 1 saturated heterocycles. The third-order valence-electron chi connectivity index (χ3n) is 8.13. The largest absolute Gasteiger partial charge is 0.497 e. The second-order valence-corrected chi connectivity index (χ2v) is 11.0. The van der Waals surface area contributed by atoms with Gasteiger partial charge in [-0.15, -0.1) is 0 Å². The van der Waals surface area contributed by atoms with Gasteiger partial charge < -0.3 is 14.6 Å². The first-order valence-electron chi connectivity index (χ1n) is 13.9. The minimum atomic E-state index is -0.316. The van der Waals surface area contributed by atoms with Gasteiger partial charge in [0.1, 0.15) is 5.75 Å². The summed E-state index contributed by atoms with van der Waals surface area (Å²) in [6, 6.07) is 18.9. The standard InChI is InChI=1S/C32H33ClN4O3/c1-40-23-13-14-28-25(19-23)26(20-34-28)22-9-8-16-35(21-22)15-6-7-18-37-31(38)30(24-10-2-3-11-27(24)33)29-12-4-5-17-36(29)32(37)39/h2-5,10-14,17,19-20,22,34H,6-9,15-16,18,21H2,1H3. The summed E-state index contributed by atoms with van der Waals surface area (Å²) in [6.07, 6.45) is 7.81. The van der Waals surface area contributed by atoms with Crippen molar-refractivity contribution >= 4 is 28.0 Å². The Bertz CT molecular complexity index is 1790. The maximum atomic E-state index is 13.6. The van der Waals surface area contributed by atoms with Crippen LogP contribution < -0.4 is 16.0 Å². The molecule has 7 nitrogen and oxygen atoms in total. The van der Waals surface area contributed by atoms with Crippen LogP contribution in [0.2, 0.25) is 5.02 Å². The highest BCUT2D eigenvalue weighted by Crippen LogP contribution is 2.34. The number of nitrogens with zero attached hydrogens (tertiary/aromatic N) is 3. The van der Waals surface area contributed by atoms with Gasteiger partial charge in [-0.3, -0.25) is 13.8 Å². The van der Waals surface area contributed by atoms with Gasteiger partial charge in [-0.1, -0.05) is 35.9 Å². The number of unbranched alkanes of at least 4 members (excludes halogenated alkanes) is 1. The monoisotopic (exact) mass is 556 g/mol. The maximum absolute atomic E-state index is 13.6. The Balaban J connectivity index is 1.17. The number of halogens is 1. The molecule has 4 heterocycles.